The molecule has 1 aromatic carbocycles. The Morgan fingerprint density at radius 1 is 1.47 bits per heavy atom. The maximum atomic E-state index is 11.3. The molecule has 4 nitrogen and oxygen atoms in total. The van der Waals surface area contributed by atoms with Crippen molar-refractivity contribution in [1.82, 2.24) is 4.31 Å². The summed E-state index contributed by atoms with van der Waals surface area (Å²) in [6, 6.07) is 6.44. The first kappa shape index (κ1) is 12.3. The number of benzene rings is 1. The monoisotopic (exact) mass is 249 g/mol. The van der Waals surface area contributed by atoms with Gasteiger partial charge in [0.25, 0.3) is 0 Å². The highest BCUT2D eigenvalue weighted by molar-refractivity contribution is 7.90. The normalized spacial score (nSPS) is 11.9. The Morgan fingerprint density at radius 2 is 2.13 bits per heavy atom. The zero-order valence-corrected chi connectivity index (χ0v) is 9.79. The third-order valence-electron chi connectivity index (χ3n) is 1.93. The van der Waals surface area contributed by atoms with Crippen LogP contribution in [0.5, 0.6) is 5.75 Å². The third kappa shape index (κ3) is 3.37. The Morgan fingerprint density at radius 3 is 2.67 bits per heavy atom. The van der Waals surface area contributed by atoms with Gasteiger partial charge in [0.15, 0.2) is 0 Å². The van der Waals surface area contributed by atoms with Crippen molar-refractivity contribution in [3.8, 4) is 5.75 Å². The molecule has 15 heavy (non-hydrogen) atoms. The first-order valence-electron chi connectivity index (χ1n) is 4.23. The number of halogens is 1. The van der Waals surface area contributed by atoms with Gasteiger partial charge in [0.05, 0.1) is 0 Å². The second kappa shape index (κ2) is 4.83. The average molecular weight is 250 g/mol. The van der Waals surface area contributed by atoms with Crippen LogP contribution in [0.25, 0.3) is 0 Å². The van der Waals surface area contributed by atoms with E-state index < -0.39 is 15.2 Å². The lowest BCUT2D eigenvalue weighted by molar-refractivity contribution is 0.460. The van der Waals surface area contributed by atoms with E-state index in [1.54, 1.807) is 12.1 Å². The van der Waals surface area contributed by atoms with Gasteiger partial charge < -0.3 is 5.11 Å². The molecule has 0 fully saturated rings. The standard InChI is InChI=1S/C9H12ClNO3S/c1-11(15(13,14)7-10)6-8-3-2-4-9(12)5-8/h2-5,12H,6-7H2,1H3. The van der Waals surface area contributed by atoms with Gasteiger partial charge >= 0.3 is 0 Å². The highest BCUT2D eigenvalue weighted by Crippen LogP contribution is 2.14. The third-order valence-corrected chi connectivity index (χ3v) is 4.11. The molecule has 1 aromatic rings. The Bertz CT molecular complexity index is 433. The molecule has 0 saturated heterocycles. The van der Waals surface area contributed by atoms with Gasteiger partial charge in [0.1, 0.15) is 11.0 Å². The molecule has 0 aromatic heterocycles. The molecule has 0 aliphatic heterocycles. The van der Waals surface area contributed by atoms with Crippen LogP contribution < -0.4 is 0 Å². The van der Waals surface area contributed by atoms with Gasteiger partial charge in [-0.15, -0.1) is 11.6 Å². The van der Waals surface area contributed by atoms with Crippen molar-refractivity contribution in [2.45, 2.75) is 6.54 Å². The number of hydrogen-bond donors (Lipinski definition) is 1. The van der Waals surface area contributed by atoms with E-state index in [4.69, 9.17) is 11.6 Å². The van der Waals surface area contributed by atoms with Crippen molar-refractivity contribution in [2.75, 3.05) is 12.3 Å². The van der Waals surface area contributed by atoms with Crippen LogP contribution in [0.4, 0.5) is 0 Å². The van der Waals surface area contributed by atoms with Crippen molar-refractivity contribution in [1.29, 1.82) is 0 Å². The number of rotatable bonds is 4. The molecule has 0 bridgehead atoms. The fourth-order valence-corrected chi connectivity index (χ4v) is 2.11. The molecule has 0 unspecified atom stereocenters. The Balaban J connectivity index is 2.79. The van der Waals surface area contributed by atoms with Crippen LogP contribution in [0.3, 0.4) is 0 Å². The van der Waals surface area contributed by atoms with Crippen molar-refractivity contribution in [3.05, 3.63) is 29.8 Å². The molecule has 0 amide bonds. The van der Waals surface area contributed by atoms with Gasteiger partial charge in [-0.1, -0.05) is 12.1 Å². The van der Waals surface area contributed by atoms with Crippen LogP contribution in [-0.2, 0) is 16.6 Å². The van der Waals surface area contributed by atoms with E-state index in [-0.39, 0.29) is 12.3 Å². The van der Waals surface area contributed by atoms with E-state index in [1.165, 1.54) is 19.2 Å². The summed E-state index contributed by atoms with van der Waals surface area (Å²) in [6.45, 7) is 0.198. The van der Waals surface area contributed by atoms with Crippen LogP contribution in [0.2, 0.25) is 0 Å². The van der Waals surface area contributed by atoms with Gasteiger partial charge in [-0.25, -0.2) is 8.42 Å². The van der Waals surface area contributed by atoms with Crippen molar-refractivity contribution >= 4 is 21.6 Å². The second-order valence-electron chi connectivity index (χ2n) is 3.15. The van der Waals surface area contributed by atoms with E-state index in [0.717, 1.165) is 4.31 Å². The summed E-state index contributed by atoms with van der Waals surface area (Å²) in [7, 11) is -1.95. The average Bonchev–Trinajstić information content (AvgIpc) is 2.17. The summed E-state index contributed by atoms with van der Waals surface area (Å²) in [4.78, 5) is 0. The summed E-state index contributed by atoms with van der Waals surface area (Å²) in [6.07, 6.45) is 0. The van der Waals surface area contributed by atoms with Crippen molar-refractivity contribution < 1.29 is 13.5 Å². The van der Waals surface area contributed by atoms with Crippen LogP contribution in [0.15, 0.2) is 24.3 Å². The number of sulfonamides is 1. The predicted molar refractivity (Wildman–Crippen MR) is 59.2 cm³/mol. The zero-order valence-electron chi connectivity index (χ0n) is 8.22. The fourth-order valence-electron chi connectivity index (χ4n) is 1.09. The second-order valence-corrected chi connectivity index (χ2v) is 5.81. The smallest absolute Gasteiger partial charge is 0.228 e. The van der Waals surface area contributed by atoms with Gasteiger partial charge in [-0.2, -0.15) is 4.31 Å². The quantitative estimate of drug-likeness (QED) is 0.820. The molecule has 0 saturated carbocycles. The van der Waals surface area contributed by atoms with E-state index in [9.17, 15) is 13.5 Å². The molecule has 6 heteroatoms. The lowest BCUT2D eigenvalue weighted by atomic mass is 10.2. The molecule has 0 aliphatic rings. The van der Waals surface area contributed by atoms with E-state index in [1.807, 2.05) is 0 Å². The summed E-state index contributed by atoms with van der Waals surface area (Å²) in [5.41, 5.74) is 0.714. The minimum atomic E-state index is -3.39. The van der Waals surface area contributed by atoms with Crippen LogP contribution in [0, 0.1) is 0 Å². The predicted octanol–water partition coefficient (Wildman–Crippen LogP) is 1.35. The molecule has 1 rings (SSSR count). The summed E-state index contributed by atoms with van der Waals surface area (Å²) in [5.74, 6) is 0.115. The maximum absolute atomic E-state index is 11.3. The van der Waals surface area contributed by atoms with Crippen LogP contribution in [-0.4, -0.2) is 30.1 Å². The minimum Gasteiger partial charge on any atom is -0.508 e. The summed E-state index contributed by atoms with van der Waals surface area (Å²) in [5, 5.41) is 8.75. The van der Waals surface area contributed by atoms with Gasteiger partial charge in [0, 0.05) is 13.6 Å². The van der Waals surface area contributed by atoms with Crippen LogP contribution >= 0.6 is 11.6 Å². The van der Waals surface area contributed by atoms with Crippen molar-refractivity contribution in [2.24, 2.45) is 0 Å². The van der Waals surface area contributed by atoms with E-state index >= 15 is 0 Å². The molecule has 0 aliphatic carbocycles. The number of hydrogen-bond acceptors (Lipinski definition) is 3. The topological polar surface area (TPSA) is 57.6 Å². The summed E-state index contributed by atoms with van der Waals surface area (Å²) < 4.78 is 23.8. The molecule has 0 spiro atoms. The van der Waals surface area contributed by atoms with E-state index in [0.29, 0.717) is 5.56 Å². The highest BCUT2D eigenvalue weighted by Gasteiger charge is 2.16. The maximum Gasteiger partial charge on any atom is 0.228 e. The highest BCUT2D eigenvalue weighted by atomic mass is 35.5. The number of phenols is 1. The first-order chi connectivity index (χ1) is 6.95. The molecular weight excluding hydrogens is 238 g/mol. The molecule has 84 valence electrons. The number of phenolic OH excluding ortho intramolecular Hbond substituents is 1. The first-order valence-corrected chi connectivity index (χ1v) is 6.38. The van der Waals surface area contributed by atoms with Gasteiger partial charge in [-0.05, 0) is 17.7 Å². The molecule has 1 N–H and O–H groups in total. The van der Waals surface area contributed by atoms with Gasteiger partial charge in [-0.3, -0.25) is 0 Å². The molecule has 0 radical (unpaired) electrons. The molecule has 0 heterocycles. The van der Waals surface area contributed by atoms with Gasteiger partial charge in [0.2, 0.25) is 10.0 Å². The number of nitrogens with zero attached hydrogens (tertiary/aromatic N) is 1. The largest absolute Gasteiger partial charge is 0.508 e. The van der Waals surface area contributed by atoms with E-state index in [2.05, 4.69) is 0 Å². The lowest BCUT2D eigenvalue weighted by Crippen LogP contribution is -2.27. The minimum absolute atomic E-state index is 0.115. The molecule has 0 atom stereocenters. The Hall–Kier alpha value is -0.780. The summed E-state index contributed by atoms with van der Waals surface area (Å²) >= 11 is 5.31. The molecular formula is C9H12ClNO3S. The fraction of sp³-hybridized carbons (Fsp3) is 0.333. The van der Waals surface area contributed by atoms with Crippen LogP contribution in [0.1, 0.15) is 5.56 Å². The zero-order chi connectivity index (χ0) is 11.5. The SMILES string of the molecule is CN(Cc1cccc(O)c1)S(=O)(=O)CCl. The van der Waals surface area contributed by atoms with Crippen molar-refractivity contribution in [3.63, 3.8) is 0 Å². The number of aromatic hydroxyl groups is 1. The Labute approximate surface area is 94.1 Å². The Kier molecular flexibility index (Phi) is 3.96. The number of alkyl halides is 1. The lowest BCUT2D eigenvalue weighted by Gasteiger charge is -2.15.